The third kappa shape index (κ3) is 2.27. The topological polar surface area (TPSA) is 41.6 Å². The van der Waals surface area contributed by atoms with E-state index in [-0.39, 0.29) is 17.5 Å². The highest BCUT2D eigenvalue weighted by molar-refractivity contribution is 5.86. The van der Waals surface area contributed by atoms with Gasteiger partial charge in [-0.2, -0.15) is 0 Å². The van der Waals surface area contributed by atoms with Gasteiger partial charge in [0.05, 0.1) is 12.8 Å². The number of methoxy groups -OCH3 is 1. The quantitative estimate of drug-likeness (QED) is 0.864. The minimum atomic E-state index is -0.367. The van der Waals surface area contributed by atoms with E-state index in [4.69, 9.17) is 4.74 Å². The molecule has 0 bridgehead atoms. The molecule has 2 heterocycles. The Balaban J connectivity index is 2.00. The number of rotatable bonds is 1. The number of fused-ring (bicyclic) bond motifs is 2. The first-order valence-corrected chi connectivity index (χ1v) is 7.78. The molecule has 1 amide bonds. The van der Waals surface area contributed by atoms with Crippen molar-refractivity contribution >= 4 is 17.7 Å². The largest absolute Gasteiger partial charge is 0.495 e. The second kappa shape index (κ2) is 5.04. The predicted octanol–water partition coefficient (Wildman–Crippen LogP) is 3.42. The molecule has 0 saturated carbocycles. The number of amides is 1. The van der Waals surface area contributed by atoms with E-state index >= 15 is 0 Å². The van der Waals surface area contributed by atoms with Gasteiger partial charge < -0.3 is 15.0 Å². The summed E-state index contributed by atoms with van der Waals surface area (Å²) in [5, 5.41) is 3.53. The van der Waals surface area contributed by atoms with Crippen LogP contribution in [0.5, 0.6) is 5.75 Å². The van der Waals surface area contributed by atoms with Crippen molar-refractivity contribution in [2.75, 3.05) is 19.0 Å². The number of hydrogen-bond acceptors (Lipinski definition) is 3. The van der Waals surface area contributed by atoms with E-state index in [1.165, 1.54) is 16.7 Å². The van der Waals surface area contributed by atoms with Crippen molar-refractivity contribution in [2.45, 2.75) is 40.3 Å². The van der Waals surface area contributed by atoms with Gasteiger partial charge in [-0.1, -0.05) is 26.8 Å². The molecule has 1 N–H and O–H groups in total. The predicted molar refractivity (Wildman–Crippen MR) is 88.9 cm³/mol. The molecule has 0 spiro atoms. The fraction of sp³-hybridized carbons (Fsp3) is 0.500. The van der Waals surface area contributed by atoms with Gasteiger partial charge in [-0.25, -0.2) is 0 Å². The van der Waals surface area contributed by atoms with Crippen molar-refractivity contribution in [1.82, 2.24) is 4.90 Å². The van der Waals surface area contributed by atoms with Crippen LogP contribution in [0.3, 0.4) is 0 Å². The fourth-order valence-corrected chi connectivity index (χ4v) is 3.22. The van der Waals surface area contributed by atoms with Crippen LogP contribution >= 0.6 is 0 Å². The number of nitrogens with one attached hydrogen (secondary N) is 1. The van der Waals surface area contributed by atoms with Crippen molar-refractivity contribution in [1.29, 1.82) is 0 Å². The highest BCUT2D eigenvalue weighted by atomic mass is 16.5. The number of anilines is 1. The van der Waals surface area contributed by atoms with Crippen LogP contribution in [-0.2, 0) is 4.79 Å². The third-order valence-electron chi connectivity index (χ3n) is 4.46. The molecule has 1 saturated heterocycles. The molecule has 3 rings (SSSR count). The van der Waals surface area contributed by atoms with E-state index in [0.717, 1.165) is 24.4 Å². The smallest absolute Gasteiger partial charge is 0.229 e. The Kier molecular flexibility index (Phi) is 3.42. The van der Waals surface area contributed by atoms with Crippen LogP contribution in [0.15, 0.2) is 17.7 Å². The Hall–Kier alpha value is -1.97. The molecule has 0 aromatic heterocycles. The standard InChI is InChI=1S/C18H24N2O2/c1-11-6-7-14(22-5)15-13(11)10-12-8-9-20(16(12)19-15)17(21)18(2,3)4/h6-7,10,16,19H,8-9H2,1-5H3. The van der Waals surface area contributed by atoms with Crippen LogP contribution in [0.2, 0.25) is 0 Å². The second-order valence-electron chi connectivity index (χ2n) is 7.14. The fourth-order valence-electron chi connectivity index (χ4n) is 3.22. The first-order chi connectivity index (χ1) is 10.3. The van der Waals surface area contributed by atoms with Gasteiger partial charge in [-0.05, 0) is 36.6 Å². The van der Waals surface area contributed by atoms with Gasteiger partial charge >= 0.3 is 0 Å². The lowest BCUT2D eigenvalue weighted by molar-refractivity contribution is -0.139. The Morgan fingerprint density at radius 3 is 2.73 bits per heavy atom. The monoisotopic (exact) mass is 300 g/mol. The van der Waals surface area contributed by atoms with Crippen molar-refractivity contribution in [2.24, 2.45) is 5.41 Å². The van der Waals surface area contributed by atoms with Crippen LogP contribution in [0.25, 0.3) is 6.08 Å². The molecule has 118 valence electrons. The zero-order valence-electron chi connectivity index (χ0n) is 14.0. The third-order valence-corrected chi connectivity index (χ3v) is 4.46. The van der Waals surface area contributed by atoms with Crippen molar-refractivity contribution < 1.29 is 9.53 Å². The summed E-state index contributed by atoms with van der Waals surface area (Å²) in [6, 6.07) is 4.05. The summed E-state index contributed by atoms with van der Waals surface area (Å²) in [6.07, 6.45) is 3.11. The molecule has 4 heteroatoms. The molecule has 0 aliphatic carbocycles. The van der Waals surface area contributed by atoms with Gasteiger partial charge in [0.15, 0.2) is 0 Å². The zero-order chi connectivity index (χ0) is 16.1. The Labute approximate surface area is 132 Å². The molecule has 2 aliphatic heterocycles. The molecular formula is C18H24N2O2. The Morgan fingerprint density at radius 2 is 2.09 bits per heavy atom. The number of carbonyl (C=O) groups excluding carboxylic acids is 1. The minimum absolute atomic E-state index is 0.0464. The Bertz CT molecular complexity index is 656. The van der Waals surface area contributed by atoms with Gasteiger partial charge in [-0.3, -0.25) is 4.79 Å². The summed E-state index contributed by atoms with van der Waals surface area (Å²) in [7, 11) is 1.68. The van der Waals surface area contributed by atoms with Gasteiger partial charge in [0.1, 0.15) is 11.9 Å². The number of hydrogen-bond donors (Lipinski definition) is 1. The van der Waals surface area contributed by atoms with Gasteiger partial charge in [0.25, 0.3) is 0 Å². The SMILES string of the molecule is COc1ccc(C)c2c1NC1C(=C2)CCN1C(=O)C(C)(C)C. The van der Waals surface area contributed by atoms with E-state index in [9.17, 15) is 4.79 Å². The molecule has 1 aromatic carbocycles. The van der Waals surface area contributed by atoms with Crippen molar-refractivity contribution in [3.63, 3.8) is 0 Å². The summed E-state index contributed by atoms with van der Waals surface area (Å²) >= 11 is 0. The molecule has 1 aromatic rings. The van der Waals surface area contributed by atoms with E-state index in [0.29, 0.717) is 0 Å². The maximum atomic E-state index is 12.7. The second-order valence-corrected chi connectivity index (χ2v) is 7.14. The van der Waals surface area contributed by atoms with Crippen LogP contribution in [0.4, 0.5) is 5.69 Å². The van der Waals surface area contributed by atoms with Crippen molar-refractivity contribution in [3.8, 4) is 5.75 Å². The summed E-state index contributed by atoms with van der Waals surface area (Å²) < 4.78 is 5.48. The minimum Gasteiger partial charge on any atom is -0.495 e. The van der Waals surface area contributed by atoms with Gasteiger partial charge in [0.2, 0.25) is 5.91 Å². The van der Waals surface area contributed by atoms with E-state index in [1.807, 2.05) is 31.7 Å². The first-order valence-electron chi connectivity index (χ1n) is 7.78. The summed E-state index contributed by atoms with van der Waals surface area (Å²) in [5.41, 5.74) is 4.30. The summed E-state index contributed by atoms with van der Waals surface area (Å²) in [6.45, 7) is 8.79. The summed E-state index contributed by atoms with van der Waals surface area (Å²) in [5.74, 6) is 1.01. The van der Waals surface area contributed by atoms with Gasteiger partial charge in [-0.15, -0.1) is 0 Å². The molecule has 0 radical (unpaired) electrons. The zero-order valence-corrected chi connectivity index (χ0v) is 14.0. The lowest BCUT2D eigenvalue weighted by Gasteiger charge is -2.35. The molecule has 1 unspecified atom stereocenters. The first kappa shape index (κ1) is 14.9. The van der Waals surface area contributed by atoms with E-state index in [1.54, 1.807) is 7.11 Å². The van der Waals surface area contributed by atoms with Crippen LogP contribution in [0.1, 0.15) is 38.3 Å². The number of likely N-dealkylation sites (tertiary alicyclic amines) is 1. The number of ether oxygens (including phenoxy) is 1. The average Bonchev–Trinajstić information content (AvgIpc) is 2.87. The number of benzene rings is 1. The number of aryl methyl sites for hydroxylation is 1. The molecule has 22 heavy (non-hydrogen) atoms. The summed E-state index contributed by atoms with van der Waals surface area (Å²) in [4.78, 5) is 14.6. The average molecular weight is 300 g/mol. The highest BCUT2D eigenvalue weighted by Crippen LogP contribution is 2.41. The normalized spacial score (nSPS) is 20.0. The molecular weight excluding hydrogens is 276 g/mol. The van der Waals surface area contributed by atoms with Crippen LogP contribution in [0, 0.1) is 12.3 Å². The van der Waals surface area contributed by atoms with Crippen LogP contribution < -0.4 is 10.1 Å². The molecule has 4 nitrogen and oxygen atoms in total. The molecule has 1 atom stereocenters. The maximum Gasteiger partial charge on any atom is 0.229 e. The Morgan fingerprint density at radius 1 is 1.36 bits per heavy atom. The van der Waals surface area contributed by atoms with Crippen molar-refractivity contribution in [3.05, 3.63) is 28.8 Å². The molecule has 2 aliphatic rings. The van der Waals surface area contributed by atoms with Crippen LogP contribution in [-0.4, -0.2) is 30.6 Å². The lowest BCUT2D eigenvalue weighted by atomic mass is 9.94. The van der Waals surface area contributed by atoms with Gasteiger partial charge in [0, 0.05) is 17.5 Å². The maximum absolute atomic E-state index is 12.7. The van der Waals surface area contributed by atoms with E-state index in [2.05, 4.69) is 24.4 Å². The number of nitrogens with zero attached hydrogens (tertiary/aromatic N) is 1. The number of carbonyl (C=O) groups is 1. The lowest BCUT2D eigenvalue weighted by Crippen LogP contribution is -2.46. The highest BCUT2D eigenvalue weighted by Gasteiger charge is 2.39. The molecule has 1 fully saturated rings. The van der Waals surface area contributed by atoms with E-state index < -0.39 is 0 Å².